The van der Waals surface area contributed by atoms with Crippen LogP contribution in [0, 0.1) is 5.92 Å². The standard InChI is InChI=1S/C25H45ClO4/c1-3-19-23(27)20-17-15-13-11-9-7-5-4-6-8-10-12-14-16-18-21-24(28)22(2)25(26,29)30/h4,6,22,29-30H,3,5,7-21H2,1-2H3/b6-4-. The van der Waals surface area contributed by atoms with E-state index in [1.165, 1.54) is 45.4 Å². The maximum Gasteiger partial charge on any atom is 0.253 e. The summed E-state index contributed by atoms with van der Waals surface area (Å²) in [5.74, 6) is -0.721. The number of allylic oxidation sites excluding steroid dienone is 2. The fourth-order valence-electron chi connectivity index (χ4n) is 3.44. The van der Waals surface area contributed by atoms with Crippen molar-refractivity contribution in [2.24, 2.45) is 5.92 Å². The molecular weight excluding hydrogens is 400 g/mol. The third-order valence-corrected chi connectivity index (χ3v) is 5.93. The van der Waals surface area contributed by atoms with Gasteiger partial charge in [0, 0.05) is 19.3 Å². The van der Waals surface area contributed by atoms with Crippen molar-refractivity contribution in [1.29, 1.82) is 0 Å². The summed E-state index contributed by atoms with van der Waals surface area (Å²) in [6.07, 6.45) is 22.2. The van der Waals surface area contributed by atoms with Crippen LogP contribution in [0.4, 0.5) is 0 Å². The molecule has 1 atom stereocenters. The van der Waals surface area contributed by atoms with Gasteiger partial charge in [0.05, 0.1) is 5.92 Å². The highest BCUT2D eigenvalue weighted by Gasteiger charge is 2.33. The lowest BCUT2D eigenvalue weighted by Gasteiger charge is -2.20. The smallest absolute Gasteiger partial charge is 0.253 e. The van der Waals surface area contributed by atoms with Crippen molar-refractivity contribution < 1.29 is 19.8 Å². The van der Waals surface area contributed by atoms with Gasteiger partial charge in [-0.3, -0.25) is 9.59 Å². The lowest BCUT2D eigenvalue weighted by molar-refractivity contribution is -0.151. The Kier molecular flexibility index (Phi) is 18.6. The van der Waals surface area contributed by atoms with Gasteiger partial charge in [-0.2, -0.15) is 0 Å². The van der Waals surface area contributed by atoms with Crippen molar-refractivity contribution in [3.8, 4) is 0 Å². The van der Waals surface area contributed by atoms with Gasteiger partial charge in [-0.1, -0.05) is 75.6 Å². The zero-order valence-corrected chi connectivity index (χ0v) is 20.1. The number of carbonyl (C=O) groups excluding carboxylic acids is 2. The van der Waals surface area contributed by atoms with Gasteiger partial charge in [-0.05, 0) is 51.9 Å². The Morgan fingerprint density at radius 3 is 1.67 bits per heavy atom. The Balaban J connectivity index is 3.35. The number of carbonyl (C=O) groups is 2. The zero-order chi connectivity index (χ0) is 22.7. The maximum atomic E-state index is 11.8. The fourth-order valence-corrected chi connectivity index (χ4v) is 3.57. The van der Waals surface area contributed by atoms with Gasteiger partial charge < -0.3 is 10.2 Å². The van der Waals surface area contributed by atoms with Crippen molar-refractivity contribution >= 4 is 23.2 Å². The van der Waals surface area contributed by atoms with Crippen LogP contribution in [-0.2, 0) is 9.59 Å². The molecule has 0 saturated heterocycles. The molecule has 0 radical (unpaired) electrons. The average Bonchev–Trinajstić information content (AvgIpc) is 2.69. The van der Waals surface area contributed by atoms with E-state index in [9.17, 15) is 19.8 Å². The molecule has 0 rings (SSSR count). The monoisotopic (exact) mass is 444 g/mol. The Morgan fingerprint density at radius 1 is 0.767 bits per heavy atom. The normalized spacial score (nSPS) is 13.1. The van der Waals surface area contributed by atoms with Gasteiger partial charge in [0.1, 0.15) is 11.6 Å². The molecule has 0 aliphatic heterocycles. The van der Waals surface area contributed by atoms with E-state index in [2.05, 4.69) is 19.1 Å². The van der Waals surface area contributed by atoms with Gasteiger partial charge in [0.2, 0.25) is 0 Å². The molecule has 1 unspecified atom stereocenters. The highest BCUT2D eigenvalue weighted by molar-refractivity contribution is 6.23. The minimum absolute atomic E-state index is 0.194. The lowest BCUT2D eigenvalue weighted by atomic mass is 9.99. The third-order valence-electron chi connectivity index (χ3n) is 5.60. The van der Waals surface area contributed by atoms with Crippen LogP contribution in [0.2, 0.25) is 0 Å². The minimum Gasteiger partial charge on any atom is -0.353 e. The van der Waals surface area contributed by atoms with E-state index < -0.39 is 11.2 Å². The molecule has 2 N–H and O–H groups in total. The topological polar surface area (TPSA) is 74.6 Å². The highest BCUT2D eigenvalue weighted by Crippen LogP contribution is 2.22. The van der Waals surface area contributed by atoms with Crippen molar-refractivity contribution in [1.82, 2.24) is 0 Å². The summed E-state index contributed by atoms with van der Waals surface area (Å²) in [4.78, 5) is 23.2. The van der Waals surface area contributed by atoms with E-state index in [-0.39, 0.29) is 5.78 Å². The number of halogens is 1. The molecule has 0 amide bonds. The van der Waals surface area contributed by atoms with Crippen molar-refractivity contribution in [3.63, 3.8) is 0 Å². The molecule has 0 aromatic carbocycles. The highest BCUT2D eigenvalue weighted by atomic mass is 35.5. The number of alkyl halides is 1. The number of hydrogen-bond acceptors (Lipinski definition) is 4. The second-order valence-corrected chi connectivity index (χ2v) is 9.11. The fraction of sp³-hybridized carbons (Fsp3) is 0.840. The molecule has 0 aromatic heterocycles. The Morgan fingerprint density at radius 2 is 1.20 bits per heavy atom. The quantitative estimate of drug-likeness (QED) is 0.0878. The maximum absolute atomic E-state index is 11.8. The van der Waals surface area contributed by atoms with E-state index in [1.54, 1.807) is 0 Å². The molecule has 5 heteroatoms. The first-order valence-corrected chi connectivity index (χ1v) is 12.5. The first-order chi connectivity index (χ1) is 14.3. The van der Waals surface area contributed by atoms with Crippen molar-refractivity contribution in [2.75, 3.05) is 0 Å². The predicted molar refractivity (Wildman–Crippen MR) is 126 cm³/mol. The largest absolute Gasteiger partial charge is 0.353 e. The molecule has 0 bridgehead atoms. The summed E-state index contributed by atoms with van der Waals surface area (Å²) in [6.45, 7) is 3.51. The Bertz CT molecular complexity index is 468. The van der Waals surface area contributed by atoms with E-state index in [1.807, 2.05) is 0 Å². The SMILES string of the molecule is CCCC(=O)CCCCCCCC/C=C\CCCCCCCC(=O)C(C)C(O)(O)Cl. The molecule has 0 heterocycles. The predicted octanol–water partition coefficient (Wildman–Crippen LogP) is 6.85. The summed E-state index contributed by atoms with van der Waals surface area (Å²) in [7, 11) is 0. The van der Waals surface area contributed by atoms with E-state index in [0.29, 0.717) is 12.2 Å². The van der Waals surface area contributed by atoms with Crippen LogP contribution in [0.1, 0.15) is 123 Å². The summed E-state index contributed by atoms with van der Waals surface area (Å²) in [5.41, 5.74) is 0. The number of ketones is 2. The zero-order valence-electron chi connectivity index (χ0n) is 19.3. The van der Waals surface area contributed by atoms with Crippen LogP contribution in [0.25, 0.3) is 0 Å². The number of Topliss-reactive ketones (excluding diaryl/α,β-unsaturated/α-hetero) is 2. The minimum atomic E-state index is -2.43. The number of unbranched alkanes of at least 4 members (excludes halogenated alkanes) is 11. The first-order valence-electron chi connectivity index (χ1n) is 12.1. The first kappa shape index (κ1) is 29.3. The number of hydrogen-bond donors (Lipinski definition) is 2. The van der Waals surface area contributed by atoms with Crippen molar-refractivity contribution in [2.45, 2.75) is 128 Å². The molecule has 30 heavy (non-hydrogen) atoms. The molecule has 0 aliphatic carbocycles. The molecule has 0 fully saturated rings. The number of aliphatic hydroxyl groups is 2. The number of rotatable bonds is 21. The van der Waals surface area contributed by atoms with Gasteiger partial charge in [-0.15, -0.1) is 0 Å². The second-order valence-electron chi connectivity index (χ2n) is 8.55. The summed E-state index contributed by atoms with van der Waals surface area (Å²) >= 11 is 5.35. The van der Waals surface area contributed by atoms with Gasteiger partial charge in [0.15, 0.2) is 0 Å². The molecule has 0 saturated carbocycles. The van der Waals surface area contributed by atoms with Crippen LogP contribution >= 0.6 is 11.6 Å². The van der Waals surface area contributed by atoms with E-state index in [4.69, 9.17) is 11.6 Å². The molecule has 0 aliphatic rings. The third kappa shape index (κ3) is 18.1. The molecule has 4 nitrogen and oxygen atoms in total. The summed E-state index contributed by atoms with van der Waals surface area (Å²) in [5, 5.41) is 16.0. The van der Waals surface area contributed by atoms with Crippen LogP contribution in [0.15, 0.2) is 12.2 Å². The van der Waals surface area contributed by atoms with Gasteiger partial charge in [-0.25, -0.2) is 0 Å². The Labute approximate surface area is 189 Å². The second kappa shape index (κ2) is 19.0. The molecule has 0 spiro atoms. The summed E-state index contributed by atoms with van der Waals surface area (Å²) < 4.78 is 0. The van der Waals surface area contributed by atoms with E-state index in [0.717, 1.165) is 64.2 Å². The Hall–Kier alpha value is -0.710. The molecule has 176 valence electrons. The summed E-state index contributed by atoms with van der Waals surface area (Å²) in [6, 6.07) is 0. The van der Waals surface area contributed by atoms with Crippen molar-refractivity contribution in [3.05, 3.63) is 12.2 Å². The van der Waals surface area contributed by atoms with Crippen LogP contribution in [0.3, 0.4) is 0 Å². The van der Waals surface area contributed by atoms with E-state index >= 15 is 0 Å². The van der Waals surface area contributed by atoms with Crippen LogP contribution in [-0.4, -0.2) is 27.0 Å². The van der Waals surface area contributed by atoms with Gasteiger partial charge in [0.25, 0.3) is 5.25 Å². The van der Waals surface area contributed by atoms with Crippen LogP contribution in [0.5, 0.6) is 0 Å². The molecular formula is C25H45ClO4. The average molecular weight is 445 g/mol. The van der Waals surface area contributed by atoms with Crippen LogP contribution < -0.4 is 0 Å². The molecule has 0 aromatic rings. The van der Waals surface area contributed by atoms with Gasteiger partial charge >= 0.3 is 0 Å². The lowest BCUT2D eigenvalue weighted by Crippen LogP contribution is -2.34.